The minimum atomic E-state index is -3.97. The van der Waals surface area contributed by atoms with Gasteiger partial charge in [-0.05, 0) is 89.5 Å². The van der Waals surface area contributed by atoms with Crippen molar-refractivity contribution < 1.29 is 27.1 Å². The number of rotatable bonds is 14. The van der Waals surface area contributed by atoms with Gasteiger partial charge in [0, 0.05) is 35.2 Å². The number of benzene rings is 5. The van der Waals surface area contributed by atoms with E-state index in [0.717, 1.165) is 28.8 Å². The second kappa shape index (κ2) is 16.5. The molecule has 252 valence electrons. The molecular weight excluding hydrogens is 688 g/mol. The van der Waals surface area contributed by atoms with E-state index < -0.39 is 34.4 Å². The van der Waals surface area contributed by atoms with Crippen LogP contribution in [0, 0.1) is 5.82 Å². The minimum Gasteiger partial charge on any atom is -0.484 e. The fourth-order valence-electron chi connectivity index (χ4n) is 4.92. The van der Waals surface area contributed by atoms with Gasteiger partial charge in [-0.3, -0.25) is 14.3 Å². The van der Waals surface area contributed by atoms with Crippen LogP contribution in [-0.2, 0) is 39.1 Å². The van der Waals surface area contributed by atoms with Crippen LogP contribution < -0.4 is 14.8 Å². The van der Waals surface area contributed by atoms with E-state index in [2.05, 4.69) is 10.0 Å². The van der Waals surface area contributed by atoms with Crippen LogP contribution in [0.2, 0.25) is 10.0 Å². The molecule has 0 saturated carbocycles. The Kier molecular flexibility index (Phi) is 11.9. The summed E-state index contributed by atoms with van der Waals surface area (Å²) in [4.78, 5) is 29.2. The van der Waals surface area contributed by atoms with Gasteiger partial charge in [-0.1, -0.05) is 77.8 Å². The molecule has 49 heavy (non-hydrogen) atoms. The van der Waals surface area contributed by atoms with Crippen molar-refractivity contribution in [1.29, 1.82) is 0 Å². The van der Waals surface area contributed by atoms with Crippen LogP contribution in [-0.4, -0.2) is 37.8 Å². The van der Waals surface area contributed by atoms with Gasteiger partial charge < -0.3 is 15.0 Å². The van der Waals surface area contributed by atoms with Gasteiger partial charge >= 0.3 is 0 Å². The van der Waals surface area contributed by atoms with Crippen molar-refractivity contribution >= 4 is 50.7 Å². The van der Waals surface area contributed by atoms with E-state index in [-0.39, 0.29) is 41.7 Å². The number of sulfonamides is 1. The van der Waals surface area contributed by atoms with Gasteiger partial charge in [0.05, 0.1) is 4.90 Å². The molecule has 0 heterocycles. The first kappa shape index (κ1) is 35.4. The van der Waals surface area contributed by atoms with Gasteiger partial charge in [0.25, 0.3) is 15.9 Å². The molecule has 0 aliphatic carbocycles. The van der Waals surface area contributed by atoms with E-state index >= 15 is 0 Å². The Morgan fingerprint density at radius 2 is 1.33 bits per heavy atom. The Balaban J connectivity index is 1.34. The predicted molar refractivity (Wildman–Crippen MR) is 188 cm³/mol. The van der Waals surface area contributed by atoms with Crippen LogP contribution >= 0.6 is 23.2 Å². The second-order valence-electron chi connectivity index (χ2n) is 11.1. The molecule has 2 N–H and O–H groups in total. The molecule has 2 amide bonds. The minimum absolute atomic E-state index is 0.0554. The summed E-state index contributed by atoms with van der Waals surface area (Å²) in [5, 5.41) is 4.07. The smallest absolute Gasteiger partial charge is 0.261 e. The Morgan fingerprint density at radius 3 is 1.94 bits per heavy atom. The summed E-state index contributed by atoms with van der Waals surface area (Å²) in [5.41, 5.74) is 2.66. The number of hydrogen-bond donors (Lipinski definition) is 2. The number of hydrogen-bond acceptors (Lipinski definition) is 5. The van der Waals surface area contributed by atoms with Crippen LogP contribution in [0.5, 0.6) is 5.75 Å². The van der Waals surface area contributed by atoms with Crippen LogP contribution in [0.3, 0.4) is 0 Å². The molecule has 0 fully saturated rings. The zero-order valence-corrected chi connectivity index (χ0v) is 28.4. The first-order valence-electron chi connectivity index (χ1n) is 15.2. The van der Waals surface area contributed by atoms with Crippen LogP contribution in [0.4, 0.5) is 10.1 Å². The number of carbonyl (C=O) groups excluding carboxylic acids is 2. The summed E-state index contributed by atoms with van der Waals surface area (Å²) in [6, 6.07) is 33.0. The average molecular weight is 721 g/mol. The number of amides is 2. The lowest BCUT2D eigenvalue weighted by Crippen LogP contribution is -2.51. The Labute approximate surface area is 294 Å². The number of halogens is 3. The molecule has 0 aliphatic rings. The zero-order chi connectivity index (χ0) is 34.8. The highest BCUT2D eigenvalue weighted by molar-refractivity contribution is 7.92. The fourth-order valence-corrected chi connectivity index (χ4v) is 6.24. The molecule has 5 aromatic carbocycles. The van der Waals surface area contributed by atoms with Crippen molar-refractivity contribution in [2.75, 3.05) is 11.3 Å². The van der Waals surface area contributed by atoms with Gasteiger partial charge in [-0.2, -0.15) is 0 Å². The number of nitrogens with one attached hydrogen (secondary N) is 2. The van der Waals surface area contributed by atoms with Gasteiger partial charge in [-0.15, -0.1) is 0 Å². The third-order valence-corrected chi connectivity index (χ3v) is 9.41. The molecule has 0 aliphatic heterocycles. The highest BCUT2D eigenvalue weighted by atomic mass is 35.5. The Hall–Kier alpha value is -4.90. The molecule has 0 unspecified atom stereocenters. The molecule has 12 heteroatoms. The highest BCUT2D eigenvalue weighted by Crippen LogP contribution is 2.21. The monoisotopic (exact) mass is 719 g/mol. The van der Waals surface area contributed by atoms with E-state index in [0.29, 0.717) is 10.0 Å². The van der Waals surface area contributed by atoms with Crippen LogP contribution in [0.1, 0.15) is 16.7 Å². The van der Waals surface area contributed by atoms with E-state index in [1.807, 2.05) is 42.5 Å². The Bertz CT molecular complexity index is 1960. The van der Waals surface area contributed by atoms with Crippen molar-refractivity contribution in [3.05, 3.63) is 160 Å². The molecule has 0 aromatic heterocycles. The van der Waals surface area contributed by atoms with Crippen molar-refractivity contribution in [3.63, 3.8) is 0 Å². The molecule has 1 atom stereocenters. The summed E-state index contributed by atoms with van der Waals surface area (Å²) in [5.74, 6) is -1.07. The SMILES string of the molecule is O=C(NCc1ccc(Cl)cc1)[C@@H](Cc1ccccc1)N(Cc1ccc(Cl)cc1)C(=O)COc1ccc(S(=O)(=O)Nc2ccc(F)cc2)cc1. The quantitative estimate of drug-likeness (QED) is 0.126. The van der Waals surface area contributed by atoms with E-state index in [4.69, 9.17) is 27.9 Å². The van der Waals surface area contributed by atoms with Crippen molar-refractivity contribution in [3.8, 4) is 5.75 Å². The Morgan fingerprint density at radius 1 is 0.735 bits per heavy atom. The molecule has 0 bridgehead atoms. The summed E-state index contributed by atoms with van der Waals surface area (Å²) in [6.07, 6.45) is 0.236. The topological polar surface area (TPSA) is 105 Å². The van der Waals surface area contributed by atoms with Crippen LogP contribution in [0.25, 0.3) is 0 Å². The van der Waals surface area contributed by atoms with E-state index in [9.17, 15) is 22.4 Å². The molecule has 0 spiro atoms. The summed E-state index contributed by atoms with van der Waals surface area (Å²) >= 11 is 12.1. The first-order chi connectivity index (χ1) is 23.6. The number of nitrogens with zero attached hydrogens (tertiary/aromatic N) is 1. The third kappa shape index (κ3) is 10.3. The lowest BCUT2D eigenvalue weighted by molar-refractivity contribution is -0.142. The van der Waals surface area contributed by atoms with Crippen LogP contribution in [0.15, 0.2) is 132 Å². The largest absolute Gasteiger partial charge is 0.484 e. The number of ether oxygens (including phenoxy) is 1. The molecular formula is C37H32Cl2FN3O5S. The molecule has 8 nitrogen and oxygen atoms in total. The zero-order valence-electron chi connectivity index (χ0n) is 26.1. The summed E-state index contributed by atoms with van der Waals surface area (Å²) < 4.78 is 47.1. The summed E-state index contributed by atoms with van der Waals surface area (Å²) in [7, 11) is -3.97. The highest BCUT2D eigenvalue weighted by Gasteiger charge is 2.31. The maximum atomic E-state index is 13.9. The summed E-state index contributed by atoms with van der Waals surface area (Å²) in [6.45, 7) is -0.104. The number of anilines is 1. The average Bonchev–Trinajstić information content (AvgIpc) is 3.10. The molecule has 5 aromatic rings. The van der Waals surface area contributed by atoms with Gasteiger partial charge in [0.2, 0.25) is 5.91 Å². The predicted octanol–water partition coefficient (Wildman–Crippen LogP) is 7.27. The van der Waals surface area contributed by atoms with Crippen molar-refractivity contribution in [2.45, 2.75) is 30.4 Å². The van der Waals surface area contributed by atoms with Gasteiger partial charge in [-0.25, -0.2) is 12.8 Å². The van der Waals surface area contributed by atoms with Gasteiger partial charge in [0.1, 0.15) is 17.6 Å². The second-order valence-corrected chi connectivity index (χ2v) is 13.6. The lowest BCUT2D eigenvalue weighted by Gasteiger charge is -2.31. The molecule has 0 radical (unpaired) electrons. The standard InChI is InChI=1S/C37H32Cl2FN3O5S/c38-29-10-6-27(7-11-29)23-41-37(45)35(22-26-4-2-1-3-5-26)43(24-28-8-12-30(39)13-9-28)36(44)25-48-33-18-20-34(21-19-33)49(46,47)42-32-16-14-31(40)15-17-32/h1-21,35,42H,22-25H2,(H,41,45)/t35-/m1/s1. The maximum Gasteiger partial charge on any atom is 0.261 e. The maximum absolute atomic E-state index is 13.9. The third-order valence-electron chi connectivity index (χ3n) is 7.51. The first-order valence-corrected chi connectivity index (χ1v) is 17.4. The molecule has 0 saturated heterocycles. The van der Waals surface area contributed by atoms with Crippen molar-refractivity contribution in [2.24, 2.45) is 0 Å². The van der Waals surface area contributed by atoms with Gasteiger partial charge in [0.15, 0.2) is 6.61 Å². The normalized spacial score (nSPS) is 11.7. The van der Waals surface area contributed by atoms with E-state index in [1.54, 1.807) is 36.4 Å². The van der Waals surface area contributed by atoms with E-state index in [1.165, 1.54) is 41.3 Å². The molecule has 5 rings (SSSR count). The lowest BCUT2D eigenvalue weighted by atomic mass is 10.0. The fraction of sp³-hybridized carbons (Fsp3) is 0.135. The number of carbonyl (C=O) groups is 2. The van der Waals surface area contributed by atoms with Crippen molar-refractivity contribution in [1.82, 2.24) is 10.2 Å².